The maximum Gasteiger partial charge on any atom is 0.254 e. The van der Waals surface area contributed by atoms with Gasteiger partial charge in [-0.3, -0.25) is 4.79 Å². The molecule has 0 spiro atoms. The normalized spacial score (nSPS) is 11.5. The van der Waals surface area contributed by atoms with Gasteiger partial charge in [-0.05, 0) is 45.9 Å². The molecule has 0 bridgehead atoms. The van der Waals surface area contributed by atoms with Crippen LogP contribution in [0.3, 0.4) is 0 Å². The number of aryl methyl sites for hydroxylation is 1. The van der Waals surface area contributed by atoms with Crippen LogP contribution in [0.25, 0.3) is 11.0 Å². The van der Waals surface area contributed by atoms with Crippen LogP contribution in [0.5, 0.6) is 0 Å². The van der Waals surface area contributed by atoms with Gasteiger partial charge < -0.3 is 4.90 Å². The molecule has 2 rings (SSSR count). The van der Waals surface area contributed by atoms with E-state index < -0.39 is 0 Å². The lowest BCUT2D eigenvalue weighted by atomic mass is 10.1. The van der Waals surface area contributed by atoms with Crippen molar-refractivity contribution in [1.29, 1.82) is 0 Å². The van der Waals surface area contributed by atoms with Crippen molar-refractivity contribution in [2.75, 3.05) is 0 Å². The highest BCUT2D eigenvalue weighted by Crippen LogP contribution is 2.17. The second-order valence-electron chi connectivity index (χ2n) is 5.32. The van der Waals surface area contributed by atoms with E-state index in [9.17, 15) is 4.79 Å². The first kappa shape index (κ1) is 13.5. The van der Waals surface area contributed by atoms with E-state index >= 15 is 0 Å². The van der Waals surface area contributed by atoms with Crippen molar-refractivity contribution in [3.8, 4) is 0 Å². The molecule has 1 aromatic heterocycles. The van der Waals surface area contributed by atoms with E-state index in [1.165, 1.54) is 0 Å². The van der Waals surface area contributed by atoms with Crippen molar-refractivity contribution in [2.45, 2.75) is 39.8 Å². The minimum absolute atomic E-state index is 0.0394. The standard InChI is InChI=1S/C14H20N4O/c1-9(2)18(10(3)4)14(19)11-6-7-13-12(8-11)15-16-17(13)5/h6-10H,1-5H3. The monoisotopic (exact) mass is 260 g/mol. The molecule has 0 aliphatic heterocycles. The topological polar surface area (TPSA) is 51.0 Å². The summed E-state index contributed by atoms with van der Waals surface area (Å²) in [5.74, 6) is 0.0394. The fourth-order valence-electron chi connectivity index (χ4n) is 2.39. The van der Waals surface area contributed by atoms with Crippen LogP contribution < -0.4 is 0 Å². The quantitative estimate of drug-likeness (QED) is 0.850. The molecule has 1 aromatic carbocycles. The second kappa shape index (κ2) is 4.99. The van der Waals surface area contributed by atoms with E-state index in [1.807, 2.05) is 57.8 Å². The number of hydrogen-bond donors (Lipinski definition) is 0. The van der Waals surface area contributed by atoms with Gasteiger partial charge in [0.1, 0.15) is 5.52 Å². The zero-order chi connectivity index (χ0) is 14.2. The van der Waals surface area contributed by atoms with Crippen LogP contribution in [-0.2, 0) is 7.05 Å². The summed E-state index contributed by atoms with van der Waals surface area (Å²) in [6.07, 6.45) is 0. The lowest BCUT2D eigenvalue weighted by molar-refractivity contribution is 0.0644. The lowest BCUT2D eigenvalue weighted by Crippen LogP contribution is -2.42. The van der Waals surface area contributed by atoms with Crippen molar-refractivity contribution in [1.82, 2.24) is 19.9 Å². The summed E-state index contributed by atoms with van der Waals surface area (Å²) >= 11 is 0. The zero-order valence-electron chi connectivity index (χ0n) is 12.1. The molecule has 102 valence electrons. The van der Waals surface area contributed by atoms with Gasteiger partial charge in [-0.15, -0.1) is 5.10 Å². The van der Waals surface area contributed by atoms with Gasteiger partial charge in [0.05, 0.1) is 5.52 Å². The summed E-state index contributed by atoms with van der Waals surface area (Å²) < 4.78 is 1.70. The highest BCUT2D eigenvalue weighted by molar-refractivity contribution is 5.97. The molecule has 0 atom stereocenters. The third-order valence-corrected chi connectivity index (χ3v) is 3.20. The van der Waals surface area contributed by atoms with Crippen molar-refractivity contribution in [3.63, 3.8) is 0 Å². The third kappa shape index (κ3) is 2.45. The lowest BCUT2D eigenvalue weighted by Gasteiger charge is -2.30. The Labute approximate surface area is 113 Å². The first-order chi connectivity index (χ1) is 8.91. The average molecular weight is 260 g/mol. The molecule has 19 heavy (non-hydrogen) atoms. The van der Waals surface area contributed by atoms with Crippen LogP contribution in [0.15, 0.2) is 18.2 Å². The van der Waals surface area contributed by atoms with Crippen molar-refractivity contribution in [2.24, 2.45) is 7.05 Å². The number of carbonyl (C=O) groups excluding carboxylic acids is 1. The van der Waals surface area contributed by atoms with Gasteiger partial charge in [-0.1, -0.05) is 5.21 Å². The Kier molecular flexibility index (Phi) is 3.55. The summed E-state index contributed by atoms with van der Waals surface area (Å²) in [5, 5.41) is 8.01. The molecule has 2 aromatic rings. The first-order valence-corrected chi connectivity index (χ1v) is 6.54. The summed E-state index contributed by atoms with van der Waals surface area (Å²) in [7, 11) is 1.84. The average Bonchev–Trinajstić information content (AvgIpc) is 2.69. The number of aromatic nitrogens is 3. The number of hydrogen-bond acceptors (Lipinski definition) is 3. The highest BCUT2D eigenvalue weighted by Gasteiger charge is 2.22. The molecule has 5 heteroatoms. The van der Waals surface area contributed by atoms with E-state index in [-0.39, 0.29) is 18.0 Å². The molecule has 0 unspecified atom stereocenters. The molecular formula is C14H20N4O. The Bertz CT molecular complexity index is 593. The molecule has 0 saturated heterocycles. The van der Waals surface area contributed by atoms with Gasteiger partial charge in [0.25, 0.3) is 5.91 Å². The smallest absolute Gasteiger partial charge is 0.254 e. The molecule has 0 radical (unpaired) electrons. The van der Waals surface area contributed by atoms with Crippen LogP contribution >= 0.6 is 0 Å². The fraction of sp³-hybridized carbons (Fsp3) is 0.500. The Balaban J connectivity index is 2.40. The van der Waals surface area contributed by atoms with Crippen LogP contribution in [0.1, 0.15) is 38.1 Å². The molecule has 0 fully saturated rings. The van der Waals surface area contributed by atoms with E-state index in [0.717, 1.165) is 11.0 Å². The Morgan fingerprint density at radius 3 is 2.42 bits per heavy atom. The summed E-state index contributed by atoms with van der Waals surface area (Å²) in [4.78, 5) is 14.4. The summed E-state index contributed by atoms with van der Waals surface area (Å²) in [6.45, 7) is 8.11. The van der Waals surface area contributed by atoms with Crippen molar-refractivity contribution >= 4 is 16.9 Å². The van der Waals surface area contributed by atoms with Crippen LogP contribution in [0.4, 0.5) is 0 Å². The van der Waals surface area contributed by atoms with Crippen LogP contribution in [0.2, 0.25) is 0 Å². The minimum atomic E-state index is 0.0394. The number of benzene rings is 1. The van der Waals surface area contributed by atoms with Gasteiger partial charge in [-0.2, -0.15) is 0 Å². The number of carbonyl (C=O) groups is 1. The number of amides is 1. The maximum atomic E-state index is 12.5. The molecule has 0 aliphatic rings. The Morgan fingerprint density at radius 1 is 1.21 bits per heavy atom. The van der Waals surface area contributed by atoms with E-state index in [4.69, 9.17) is 0 Å². The molecule has 0 N–H and O–H groups in total. The van der Waals surface area contributed by atoms with Gasteiger partial charge in [-0.25, -0.2) is 4.68 Å². The van der Waals surface area contributed by atoms with E-state index in [2.05, 4.69) is 10.3 Å². The Hall–Kier alpha value is -1.91. The number of rotatable bonds is 3. The van der Waals surface area contributed by atoms with Crippen molar-refractivity contribution < 1.29 is 4.79 Å². The van der Waals surface area contributed by atoms with Gasteiger partial charge in [0.15, 0.2) is 0 Å². The molecule has 0 saturated carbocycles. The van der Waals surface area contributed by atoms with Crippen LogP contribution in [-0.4, -0.2) is 37.9 Å². The predicted octanol–water partition coefficient (Wildman–Crippen LogP) is 2.23. The predicted molar refractivity (Wildman–Crippen MR) is 75.0 cm³/mol. The zero-order valence-corrected chi connectivity index (χ0v) is 12.1. The highest BCUT2D eigenvalue weighted by atomic mass is 16.2. The molecule has 1 amide bonds. The molecule has 1 heterocycles. The van der Waals surface area contributed by atoms with Gasteiger partial charge in [0, 0.05) is 24.7 Å². The second-order valence-corrected chi connectivity index (χ2v) is 5.32. The largest absolute Gasteiger partial charge is 0.334 e. The van der Waals surface area contributed by atoms with E-state index in [0.29, 0.717) is 5.56 Å². The molecule has 0 aliphatic carbocycles. The third-order valence-electron chi connectivity index (χ3n) is 3.20. The Morgan fingerprint density at radius 2 is 1.84 bits per heavy atom. The van der Waals surface area contributed by atoms with Gasteiger partial charge >= 0.3 is 0 Å². The number of nitrogens with zero attached hydrogens (tertiary/aromatic N) is 4. The van der Waals surface area contributed by atoms with Gasteiger partial charge in [0.2, 0.25) is 0 Å². The minimum Gasteiger partial charge on any atom is -0.334 e. The van der Waals surface area contributed by atoms with E-state index in [1.54, 1.807) is 4.68 Å². The first-order valence-electron chi connectivity index (χ1n) is 6.54. The number of fused-ring (bicyclic) bond motifs is 1. The molecular weight excluding hydrogens is 240 g/mol. The maximum absolute atomic E-state index is 12.5. The summed E-state index contributed by atoms with van der Waals surface area (Å²) in [6, 6.07) is 5.88. The van der Waals surface area contributed by atoms with Crippen LogP contribution in [0, 0.1) is 0 Å². The molecule has 5 nitrogen and oxygen atoms in total. The fourth-order valence-corrected chi connectivity index (χ4v) is 2.39. The SMILES string of the molecule is CC(C)N(C(=O)c1ccc2c(c1)nnn2C)C(C)C. The summed E-state index contributed by atoms with van der Waals surface area (Å²) in [5.41, 5.74) is 2.34. The van der Waals surface area contributed by atoms with Crippen molar-refractivity contribution in [3.05, 3.63) is 23.8 Å².